The molecule has 114 valence electrons. The molecule has 0 radical (unpaired) electrons. The quantitative estimate of drug-likeness (QED) is 0.363. The number of non-ortho nitro benzene ring substituents is 1. The Morgan fingerprint density at radius 1 is 1.24 bits per heavy atom. The van der Waals surface area contributed by atoms with Gasteiger partial charge >= 0.3 is 6.18 Å². The number of nitrogens with zero attached hydrogens (tertiary/aromatic N) is 2. The number of nitro benzene ring substituents is 1. The molecule has 0 atom stereocenters. The van der Waals surface area contributed by atoms with Gasteiger partial charge in [0.05, 0.1) is 16.0 Å². The highest BCUT2D eigenvalue weighted by molar-refractivity contribution is 8.59. The maximum absolute atomic E-state index is 12.8. The summed E-state index contributed by atoms with van der Waals surface area (Å²) >= 11 is 6.44. The molecule has 2 rings (SSSR count). The minimum absolute atomic E-state index is 0.00887. The largest absolute Gasteiger partial charge is 0.417 e. The molecule has 0 N–H and O–H groups in total. The van der Waals surface area contributed by atoms with Gasteiger partial charge in [0.1, 0.15) is 0 Å². The molecule has 0 bridgehead atoms. The van der Waals surface area contributed by atoms with E-state index in [1.165, 1.54) is 7.05 Å². The van der Waals surface area contributed by atoms with Gasteiger partial charge in [0.25, 0.3) is 11.2 Å². The van der Waals surface area contributed by atoms with E-state index in [-0.39, 0.29) is 10.9 Å². The molecule has 0 spiro atoms. The predicted octanol–water partition coefficient (Wildman–Crippen LogP) is 3.23. The average Bonchev–Trinajstić information content (AvgIpc) is 2.43. The third-order valence-electron chi connectivity index (χ3n) is 2.75. The van der Waals surface area contributed by atoms with Crippen molar-refractivity contribution in [2.24, 2.45) is 7.05 Å². The summed E-state index contributed by atoms with van der Waals surface area (Å²) in [5.41, 5.74) is -2.47. The lowest BCUT2D eigenvalue weighted by molar-refractivity contribution is -0.384. The van der Waals surface area contributed by atoms with Crippen molar-refractivity contribution < 1.29 is 18.1 Å². The number of thiol groups is 2. The van der Waals surface area contributed by atoms with Gasteiger partial charge in [-0.3, -0.25) is 14.9 Å². The molecule has 2 aromatic rings. The normalized spacial score (nSPS) is 11.0. The second-order valence-electron chi connectivity index (χ2n) is 3.91. The zero-order valence-electron chi connectivity index (χ0n) is 10.5. The highest BCUT2D eigenvalue weighted by atomic mass is 33.1. The van der Waals surface area contributed by atoms with Crippen LogP contribution in [0.2, 0.25) is 0 Å². The second-order valence-corrected chi connectivity index (χ2v) is 3.91. The number of alkyl halides is 3. The first-order valence-electron chi connectivity index (χ1n) is 5.27. The smallest absolute Gasteiger partial charge is 0.311 e. The maximum Gasteiger partial charge on any atom is 0.417 e. The molecule has 21 heavy (non-hydrogen) atoms. The van der Waals surface area contributed by atoms with E-state index in [9.17, 15) is 28.1 Å². The fourth-order valence-corrected chi connectivity index (χ4v) is 1.80. The summed E-state index contributed by atoms with van der Waals surface area (Å²) in [6, 6.07) is 3.44. The first kappa shape index (κ1) is 17.4. The van der Waals surface area contributed by atoms with Crippen LogP contribution in [0.5, 0.6) is 0 Å². The molecule has 0 saturated carbocycles. The Bertz CT molecular complexity index is 744. The van der Waals surface area contributed by atoms with Crippen LogP contribution in [0.1, 0.15) is 5.56 Å². The number of aryl methyl sites for hydroxylation is 1. The number of pyridine rings is 1. The molecule has 0 aliphatic rings. The standard InChI is InChI=1S/C11H7F3N2O3.H2S2/c1-15-9-3-2-6(16(18)19)4-7(9)8(5-10(15)17)11(12,13)14;1-2/h2-5H,1H3;1-2H. The van der Waals surface area contributed by atoms with Gasteiger partial charge < -0.3 is 4.57 Å². The molecule has 1 heterocycles. The number of hydrogen-bond donors (Lipinski definition) is 2. The molecule has 5 nitrogen and oxygen atoms in total. The third kappa shape index (κ3) is 3.50. The van der Waals surface area contributed by atoms with Crippen molar-refractivity contribution in [3.05, 3.63) is 50.3 Å². The van der Waals surface area contributed by atoms with Gasteiger partial charge in [-0.2, -0.15) is 13.2 Å². The lowest BCUT2D eigenvalue weighted by Crippen LogP contribution is -2.20. The monoisotopic (exact) mass is 338 g/mol. The van der Waals surface area contributed by atoms with Crippen LogP contribution in [0.4, 0.5) is 18.9 Å². The van der Waals surface area contributed by atoms with Crippen LogP contribution >= 0.6 is 23.3 Å². The summed E-state index contributed by atoms with van der Waals surface area (Å²) in [5, 5.41) is 10.2. The zero-order chi connectivity index (χ0) is 16.4. The van der Waals surface area contributed by atoms with Crippen molar-refractivity contribution in [3.63, 3.8) is 0 Å². The molecular weight excluding hydrogens is 329 g/mol. The molecule has 10 heteroatoms. The Morgan fingerprint density at radius 2 is 1.81 bits per heavy atom. The van der Waals surface area contributed by atoms with Crippen LogP contribution in [-0.2, 0) is 13.2 Å². The summed E-state index contributed by atoms with van der Waals surface area (Å²) in [6.07, 6.45) is -4.75. The van der Waals surface area contributed by atoms with Crippen molar-refractivity contribution >= 4 is 39.9 Å². The van der Waals surface area contributed by atoms with Crippen LogP contribution in [0, 0.1) is 10.1 Å². The van der Waals surface area contributed by atoms with Gasteiger partial charge in [0.2, 0.25) is 0 Å². The number of halogens is 3. The van der Waals surface area contributed by atoms with Crippen molar-refractivity contribution in [3.8, 4) is 0 Å². The van der Waals surface area contributed by atoms with E-state index in [2.05, 4.69) is 23.3 Å². The highest BCUT2D eigenvalue weighted by Crippen LogP contribution is 2.34. The van der Waals surface area contributed by atoms with Crippen LogP contribution in [-0.4, -0.2) is 9.49 Å². The van der Waals surface area contributed by atoms with Gasteiger partial charge in [-0.25, -0.2) is 0 Å². The highest BCUT2D eigenvalue weighted by Gasteiger charge is 2.34. The van der Waals surface area contributed by atoms with E-state index < -0.39 is 27.9 Å². The summed E-state index contributed by atoms with van der Waals surface area (Å²) in [5.74, 6) is 0. The summed E-state index contributed by atoms with van der Waals surface area (Å²) in [7, 11) is 1.30. The van der Waals surface area contributed by atoms with Crippen molar-refractivity contribution in [2.75, 3.05) is 0 Å². The van der Waals surface area contributed by atoms with Crippen LogP contribution < -0.4 is 5.56 Å². The molecule has 0 aliphatic carbocycles. The summed E-state index contributed by atoms with van der Waals surface area (Å²) in [6.45, 7) is 0. The second kappa shape index (κ2) is 6.39. The first-order chi connectivity index (χ1) is 9.71. The molecule has 0 amide bonds. The SMILES string of the molecule is Cn1c(=O)cc(C(F)(F)F)c2cc([N+](=O)[O-])ccc21.SS. The van der Waals surface area contributed by atoms with E-state index in [0.29, 0.717) is 6.07 Å². The van der Waals surface area contributed by atoms with Gasteiger partial charge in [0.15, 0.2) is 0 Å². The number of benzene rings is 1. The minimum atomic E-state index is -4.75. The molecule has 1 aromatic carbocycles. The molecule has 0 aliphatic heterocycles. The molecule has 1 aromatic heterocycles. The van der Waals surface area contributed by atoms with Crippen molar-refractivity contribution in [2.45, 2.75) is 6.18 Å². The number of fused-ring (bicyclic) bond motifs is 1. The van der Waals surface area contributed by atoms with E-state index >= 15 is 0 Å². The number of nitro groups is 1. The maximum atomic E-state index is 12.8. The van der Waals surface area contributed by atoms with Crippen LogP contribution in [0.25, 0.3) is 10.9 Å². The molecule has 0 unspecified atom stereocenters. The third-order valence-corrected chi connectivity index (χ3v) is 2.75. The predicted molar refractivity (Wildman–Crippen MR) is 78.8 cm³/mol. The Kier molecular flexibility index (Phi) is 5.29. The molecular formula is C11H9F3N2O3S2. The van der Waals surface area contributed by atoms with Gasteiger partial charge in [-0.1, -0.05) is 0 Å². The lowest BCUT2D eigenvalue weighted by atomic mass is 10.1. The fraction of sp³-hybridized carbons (Fsp3) is 0.182. The lowest BCUT2D eigenvalue weighted by Gasteiger charge is -2.12. The zero-order valence-corrected chi connectivity index (χ0v) is 12.2. The van der Waals surface area contributed by atoms with Crippen molar-refractivity contribution in [1.29, 1.82) is 0 Å². The summed E-state index contributed by atoms with van der Waals surface area (Å²) in [4.78, 5) is 21.3. The fourth-order valence-electron chi connectivity index (χ4n) is 1.80. The van der Waals surface area contributed by atoms with Gasteiger partial charge in [0, 0.05) is 30.6 Å². The van der Waals surface area contributed by atoms with E-state index in [1.807, 2.05) is 0 Å². The summed E-state index contributed by atoms with van der Waals surface area (Å²) < 4.78 is 39.5. The topological polar surface area (TPSA) is 65.1 Å². The van der Waals surface area contributed by atoms with E-state index in [1.54, 1.807) is 0 Å². The van der Waals surface area contributed by atoms with Gasteiger partial charge in [-0.15, -0.1) is 23.3 Å². The minimum Gasteiger partial charge on any atom is -0.311 e. The van der Waals surface area contributed by atoms with E-state index in [4.69, 9.17) is 0 Å². The number of rotatable bonds is 1. The number of aromatic nitrogens is 1. The Labute approximate surface area is 126 Å². The Balaban J connectivity index is 0.00000106. The van der Waals surface area contributed by atoms with Gasteiger partial charge in [-0.05, 0) is 6.07 Å². The molecule has 0 fully saturated rings. The van der Waals surface area contributed by atoms with Crippen molar-refractivity contribution in [1.82, 2.24) is 4.57 Å². The average molecular weight is 338 g/mol. The number of hydrogen-bond acceptors (Lipinski definition) is 5. The van der Waals surface area contributed by atoms with Crippen LogP contribution in [0.3, 0.4) is 0 Å². The van der Waals surface area contributed by atoms with E-state index in [0.717, 1.165) is 22.8 Å². The van der Waals surface area contributed by atoms with Crippen LogP contribution in [0.15, 0.2) is 29.1 Å². The molecule has 0 saturated heterocycles. The Hall–Kier alpha value is -1.68. The first-order valence-corrected chi connectivity index (χ1v) is 6.87. The Morgan fingerprint density at radius 3 is 2.29 bits per heavy atom.